The monoisotopic (exact) mass is 286 g/mol. The van der Waals surface area contributed by atoms with Gasteiger partial charge >= 0.3 is 0 Å². The van der Waals surface area contributed by atoms with Crippen LogP contribution in [-0.2, 0) is 0 Å². The van der Waals surface area contributed by atoms with Crippen LogP contribution in [0.4, 0.5) is 0 Å². The van der Waals surface area contributed by atoms with Crippen molar-refractivity contribution < 1.29 is 4.42 Å². The van der Waals surface area contributed by atoms with Gasteiger partial charge in [0, 0.05) is 24.5 Å². The zero-order valence-electron chi connectivity index (χ0n) is 13.3. The minimum Gasteiger partial charge on any atom is -0.459 e. The van der Waals surface area contributed by atoms with Gasteiger partial charge in [-0.15, -0.1) is 0 Å². The van der Waals surface area contributed by atoms with Gasteiger partial charge < -0.3 is 10.2 Å². The summed E-state index contributed by atoms with van der Waals surface area (Å²) in [6.07, 6.45) is 1.32. The number of para-hydroxylation sites is 1. The normalized spacial score (nSPS) is 28.9. The molecule has 2 N–H and O–H groups in total. The summed E-state index contributed by atoms with van der Waals surface area (Å²) in [5.41, 5.74) is 7.33. The molecule has 1 fully saturated rings. The Bertz CT molecular complexity index is 573. The van der Waals surface area contributed by atoms with Crippen LogP contribution in [0.25, 0.3) is 11.0 Å². The van der Waals surface area contributed by atoms with E-state index in [0.29, 0.717) is 6.04 Å². The van der Waals surface area contributed by atoms with Crippen LogP contribution in [-0.4, -0.2) is 24.0 Å². The van der Waals surface area contributed by atoms with E-state index in [9.17, 15) is 0 Å². The maximum atomic E-state index is 6.41. The Labute approximate surface area is 127 Å². The molecule has 0 radical (unpaired) electrons. The van der Waals surface area contributed by atoms with Gasteiger partial charge in [-0.2, -0.15) is 0 Å². The lowest BCUT2D eigenvalue weighted by atomic mass is 9.85. The third-order valence-corrected chi connectivity index (χ3v) is 4.96. The van der Waals surface area contributed by atoms with E-state index >= 15 is 0 Å². The second-order valence-electron chi connectivity index (χ2n) is 6.81. The Hall–Kier alpha value is -1.32. The Morgan fingerprint density at radius 1 is 1.29 bits per heavy atom. The van der Waals surface area contributed by atoms with Crippen molar-refractivity contribution in [3.05, 3.63) is 36.1 Å². The molecule has 0 aliphatic carbocycles. The van der Waals surface area contributed by atoms with E-state index in [2.05, 4.69) is 37.8 Å². The van der Waals surface area contributed by atoms with E-state index in [1.807, 2.05) is 18.2 Å². The molecule has 0 bridgehead atoms. The predicted octanol–water partition coefficient (Wildman–Crippen LogP) is 3.80. The second-order valence-corrected chi connectivity index (χ2v) is 6.81. The average molecular weight is 286 g/mol. The summed E-state index contributed by atoms with van der Waals surface area (Å²) in [7, 11) is 0. The third-order valence-electron chi connectivity index (χ3n) is 4.96. The summed E-state index contributed by atoms with van der Waals surface area (Å²) < 4.78 is 5.91. The smallest absolute Gasteiger partial charge is 0.134 e. The molecule has 2 heterocycles. The summed E-state index contributed by atoms with van der Waals surface area (Å²) in [4.78, 5) is 2.52. The molecule has 114 valence electrons. The fourth-order valence-corrected chi connectivity index (χ4v) is 3.60. The lowest BCUT2D eigenvalue weighted by molar-refractivity contribution is 0.0723. The minimum atomic E-state index is -0.0580. The number of piperidine rings is 1. The van der Waals surface area contributed by atoms with Gasteiger partial charge in [0.25, 0.3) is 0 Å². The van der Waals surface area contributed by atoms with E-state index in [4.69, 9.17) is 10.2 Å². The number of nitrogens with zero attached hydrogens (tertiary/aromatic N) is 1. The zero-order valence-corrected chi connectivity index (χ0v) is 13.3. The molecule has 3 heteroatoms. The Morgan fingerprint density at radius 2 is 2.05 bits per heavy atom. The van der Waals surface area contributed by atoms with Crippen LogP contribution in [0.3, 0.4) is 0 Å². The highest BCUT2D eigenvalue weighted by Gasteiger charge is 2.30. The molecule has 1 aliphatic heterocycles. The molecule has 0 saturated carbocycles. The van der Waals surface area contributed by atoms with Crippen LogP contribution in [0.1, 0.15) is 39.0 Å². The summed E-state index contributed by atoms with van der Waals surface area (Å²) in [5, 5.41) is 1.14. The van der Waals surface area contributed by atoms with Gasteiger partial charge in [0.15, 0.2) is 0 Å². The summed E-state index contributed by atoms with van der Waals surface area (Å²) in [5.74, 6) is 2.38. The van der Waals surface area contributed by atoms with E-state index < -0.39 is 0 Å². The summed E-state index contributed by atoms with van der Waals surface area (Å²) in [6.45, 7) is 9.01. The quantitative estimate of drug-likeness (QED) is 0.933. The first kappa shape index (κ1) is 14.6. The molecule has 4 atom stereocenters. The van der Waals surface area contributed by atoms with Crippen LogP contribution in [0.2, 0.25) is 0 Å². The van der Waals surface area contributed by atoms with Gasteiger partial charge in [-0.25, -0.2) is 0 Å². The SMILES string of the molecule is CC1CC(C)C(C)N(CC(N)c2cc3ccccc3o2)C1. The van der Waals surface area contributed by atoms with Gasteiger partial charge in [-0.1, -0.05) is 32.0 Å². The van der Waals surface area contributed by atoms with Crippen molar-refractivity contribution in [2.24, 2.45) is 17.6 Å². The van der Waals surface area contributed by atoms with Crippen LogP contribution < -0.4 is 5.73 Å². The van der Waals surface area contributed by atoms with E-state index in [1.54, 1.807) is 0 Å². The maximum Gasteiger partial charge on any atom is 0.134 e. The highest BCUT2D eigenvalue weighted by atomic mass is 16.3. The molecule has 3 rings (SSSR count). The molecule has 1 aliphatic rings. The van der Waals surface area contributed by atoms with Crippen LogP contribution >= 0.6 is 0 Å². The predicted molar refractivity (Wildman–Crippen MR) is 87.1 cm³/mol. The summed E-state index contributed by atoms with van der Waals surface area (Å²) in [6, 6.07) is 10.7. The third kappa shape index (κ3) is 2.99. The standard InChI is InChI=1S/C18H26N2O/c1-12-8-13(2)14(3)20(10-12)11-16(19)18-9-15-6-4-5-7-17(15)21-18/h4-7,9,12-14,16H,8,10-11,19H2,1-3H3. The van der Waals surface area contributed by atoms with Crippen molar-refractivity contribution in [1.29, 1.82) is 0 Å². The topological polar surface area (TPSA) is 42.4 Å². The molecule has 2 aromatic rings. The number of benzene rings is 1. The highest BCUT2D eigenvalue weighted by Crippen LogP contribution is 2.29. The van der Waals surface area contributed by atoms with E-state index in [1.165, 1.54) is 6.42 Å². The van der Waals surface area contributed by atoms with Gasteiger partial charge in [-0.05, 0) is 37.3 Å². The molecule has 21 heavy (non-hydrogen) atoms. The number of rotatable bonds is 3. The zero-order chi connectivity index (χ0) is 15.0. The van der Waals surface area contributed by atoms with Crippen molar-refractivity contribution in [3.8, 4) is 0 Å². The molecule has 1 aromatic carbocycles. The van der Waals surface area contributed by atoms with Gasteiger partial charge in [0.1, 0.15) is 11.3 Å². The largest absolute Gasteiger partial charge is 0.459 e. The van der Waals surface area contributed by atoms with E-state index in [-0.39, 0.29) is 6.04 Å². The molecular formula is C18H26N2O. The van der Waals surface area contributed by atoms with Crippen molar-refractivity contribution in [3.63, 3.8) is 0 Å². The first-order chi connectivity index (χ1) is 10.0. The molecular weight excluding hydrogens is 260 g/mol. The molecule has 1 saturated heterocycles. The minimum absolute atomic E-state index is 0.0580. The number of furan rings is 1. The first-order valence-corrected chi connectivity index (χ1v) is 8.02. The van der Waals surface area contributed by atoms with E-state index in [0.717, 1.165) is 41.7 Å². The van der Waals surface area contributed by atoms with Crippen LogP contribution in [0.5, 0.6) is 0 Å². The lowest BCUT2D eigenvalue weighted by Crippen LogP contribution is -2.48. The molecule has 1 aromatic heterocycles. The second kappa shape index (κ2) is 5.82. The molecule has 4 unspecified atom stereocenters. The number of hydrogen-bond donors (Lipinski definition) is 1. The summed E-state index contributed by atoms with van der Waals surface area (Å²) >= 11 is 0. The molecule has 3 nitrogen and oxygen atoms in total. The van der Waals surface area contributed by atoms with Gasteiger partial charge in [-0.3, -0.25) is 4.90 Å². The highest BCUT2D eigenvalue weighted by molar-refractivity contribution is 5.77. The van der Waals surface area contributed by atoms with Crippen LogP contribution in [0.15, 0.2) is 34.7 Å². The average Bonchev–Trinajstić information content (AvgIpc) is 2.88. The lowest BCUT2D eigenvalue weighted by Gasteiger charge is -2.41. The first-order valence-electron chi connectivity index (χ1n) is 8.02. The van der Waals surface area contributed by atoms with Gasteiger partial charge in [0.2, 0.25) is 0 Å². The number of nitrogens with two attached hydrogens (primary N) is 1. The van der Waals surface area contributed by atoms with Crippen molar-refractivity contribution in [2.75, 3.05) is 13.1 Å². The van der Waals surface area contributed by atoms with Crippen molar-refractivity contribution >= 4 is 11.0 Å². The Morgan fingerprint density at radius 3 is 2.81 bits per heavy atom. The Kier molecular flexibility index (Phi) is 4.05. The number of hydrogen-bond acceptors (Lipinski definition) is 3. The number of fused-ring (bicyclic) bond motifs is 1. The fraction of sp³-hybridized carbons (Fsp3) is 0.556. The maximum absolute atomic E-state index is 6.41. The van der Waals surface area contributed by atoms with Gasteiger partial charge in [0.05, 0.1) is 6.04 Å². The van der Waals surface area contributed by atoms with Crippen molar-refractivity contribution in [1.82, 2.24) is 4.90 Å². The van der Waals surface area contributed by atoms with Crippen molar-refractivity contribution in [2.45, 2.75) is 39.3 Å². The number of likely N-dealkylation sites (tertiary alicyclic amines) is 1. The Balaban J connectivity index is 1.74. The van der Waals surface area contributed by atoms with Crippen LogP contribution in [0, 0.1) is 11.8 Å². The molecule has 0 amide bonds. The molecule has 0 spiro atoms. The fourth-order valence-electron chi connectivity index (χ4n) is 3.60.